The van der Waals surface area contributed by atoms with Gasteiger partial charge in [0.25, 0.3) is 0 Å². The van der Waals surface area contributed by atoms with E-state index in [2.05, 4.69) is 0 Å². The highest BCUT2D eigenvalue weighted by Crippen LogP contribution is 2.22. The van der Waals surface area contributed by atoms with Crippen LogP contribution in [0.15, 0.2) is 0 Å². The van der Waals surface area contributed by atoms with Gasteiger partial charge in [-0.05, 0) is 41.5 Å². The van der Waals surface area contributed by atoms with E-state index in [0.717, 1.165) is 9.80 Å². The lowest BCUT2D eigenvalue weighted by atomic mass is 10.1. The van der Waals surface area contributed by atoms with Gasteiger partial charge in [-0.3, -0.25) is 9.80 Å². The molecule has 1 aliphatic rings. The lowest BCUT2D eigenvalue weighted by Crippen LogP contribution is -2.66. The maximum Gasteiger partial charge on any atom is 0.411 e. The summed E-state index contributed by atoms with van der Waals surface area (Å²) in [6.07, 6.45) is -1.92. The van der Waals surface area contributed by atoms with E-state index in [0.29, 0.717) is 0 Å². The van der Waals surface area contributed by atoms with E-state index in [1.165, 1.54) is 0 Å². The Balaban J connectivity index is 3.14. The first-order valence-electron chi connectivity index (χ1n) is 8.07. The van der Waals surface area contributed by atoms with Crippen molar-refractivity contribution in [3.05, 3.63) is 0 Å². The third kappa shape index (κ3) is 5.78. The molecular weight excluding hydrogens is 348 g/mol. The number of carbonyl (C=O) groups is 4. The van der Waals surface area contributed by atoms with E-state index in [1.54, 1.807) is 41.5 Å². The van der Waals surface area contributed by atoms with Crippen molar-refractivity contribution < 1.29 is 38.9 Å². The molecule has 0 radical (unpaired) electrons. The van der Waals surface area contributed by atoms with Gasteiger partial charge in [0.2, 0.25) is 0 Å². The number of carboxylic acids is 2. The number of piperazine rings is 1. The Labute approximate surface area is 151 Å². The molecule has 0 aliphatic carbocycles. The van der Waals surface area contributed by atoms with Gasteiger partial charge in [-0.15, -0.1) is 0 Å². The van der Waals surface area contributed by atoms with Crippen LogP contribution >= 0.6 is 0 Å². The number of carboxylic acid groups (broad SMARTS) is 2. The zero-order valence-corrected chi connectivity index (χ0v) is 15.8. The second kappa shape index (κ2) is 7.38. The number of amides is 2. The maximum absolute atomic E-state index is 12.3. The molecule has 0 saturated carbocycles. The molecule has 1 aliphatic heterocycles. The van der Waals surface area contributed by atoms with Crippen LogP contribution in [-0.2, 0) is 19.1 Å². The fourth-order valence-electron chi connectivity index (χ4n) is 2.29. The topological polar surface area (TPSA) is 134 Å². The molecule has 1 fully saturated rings. The number of hydrogen-bond donors (Lipinski definition) is 2. The van der Waals surface area contributed by atoms with Gasteiger partial charge in [0.05, 0.1) is 13.1 Å². The Hall–Kier alpha value is -2.52. The number of carbonyl (C=O) groups excluding carboxylic acids is 2. The van der Waals surface area contributed by atoms with Crippen LogP contribution in [0.3, 0.4) is 0 Å². The third-order valence-electron chi connectivity index (χ3n) is 3.32. The Kier molecular flexibility index (Phi) is 6.11. The first-order valence-corrected chi connectivity index (χ1v) is 8.07. The summed E-state index contributed by atoms with van der Waals surface area (Å²) in [4.78, 5) is 49.4. The van der Waals surface area contributed by atoms with Crippen LogP contribution in [0.25, 0.3) is 0 Å². The number of aliphatic carboxylic acids is 2. The summed E-state index contributed by atoms with van der Waals surface area (Å²) in [5.41, 5.74) is -1.78. The number of nitrogens with zero attached hydrogens (tertiary/aromatic N) is 2. The number of hydrogen-bond acceptors (Lipinski definition) is 6. The van der Waals surface area contributed by atoms with Crippen LogP contribution in [0.5, 0.6) is 0 Å². The largest absolute Gasteiger partial charge is 0.480 e. The van der Waals surface area contributed by atoms with Crippen molar-refractivity contribution in [1.29, 1.82) is 0 Å². The van der Waals surface area contributed by atoms with E-state index in [4.69, 9.17) is 9.47 Å². The molecule has 1 heterocycles. The van der Waals surface area contributed by atoms with E-state index in [9.17, 15) is 29.4 Å². The van der Waals surface area contributed by atoms with Crippen molar-refractivity contribution in [1.82, 2.24) is 9.80 Å². The third-order valence-corrected chi connectivity index (χ3v) is 3.32. The minimum atomic E-state index is -1.45. The molecule has 1 rings (SSSR count). The minimum Gasteiger partial charge on any atom is -0.480 e. The number of rotatable bonds is 2. The normalized spacial score (nSPS) is 21.2. The molecule has 0 aromatic rings. The highest BCUT2D eigenvalue weighted by atomic mass is 16.6. The average Bonchev–Trinajstić information content (AvgIpc) is 2.41. The monoisotopic (exact) mass is 374 g/mol. The Morgan fingerprint density at radius 2 is 1.00 bits per heavy atom. The molecule has 2 N–H and O–H groups in total. The van der Waals surface area contributed by atoms with Crippen LogP contribution in [-0.4, -0.2) is 80.5 Å². The molecule has 10 nitrogen and oxygen atoms in total. The Morgan fingerprint density at radius 1 is 0.731 bits per heavy atom. The smallest absolute Gasteiger partial charge is 0.411 e. The molecule has 0 bridgehead atoms. The second-order valence-electron chi connectivity index (χ2n) is 7.97. The van der Waals surface area contributed by atoms with Crippen molar-refractivity contribution in [2.45, 2.75) is 64.8 Å². The fourth-order valence-corrected chi connectivity index (χ4v) is 2.29. The second-order valence-corrected chi connectivity index (χ2v) is 7.97. The van der Waals surface area contributed by atoms with Crippen molar-refractivity contribution >= 4 is 24.1 Å². The SMILES string of the molecule is CC(C)(C)OC(=O)N1CC(C(=O)O)N(C(=O)OC(C)(C)C)CC1C(=O)O. The van der Waals surface area contributed by atoms with E-state index >= 15 is 0 Å². The van der Waals surface area contributed by atoms with Crippen molar-refractivity contribution in [2.75, 3.05) is 13.1 Å². The lowest BCUT2D eigenvalue weighted by molar-refractivity contribution is -0.154. The molecule has 2 amide bonds. The predicted molar refractivity (Wildman–Crippen MR) is 88.7 cm³/mol. The highest BCUT2D eigenvalue weighted by Gasteiger charge is 2.47. The molecule has 0 aromatic carbocycles. The van der Waals surface area contributed by atoms with Crippen molar-refractivity contribution in [2.24, 2.45) is 0 Å². The Bertz CT molecular complexity index is 538. The predicted octanol–water partition coefficient (Wildman–Crippen LogP) is 1.38. The average molecular weight is 374 g/mol. The molecular formula is C16H26N2O8. The van der Waals surface area contributed by atoms with Gasteiger partial charge >= 0.3 is 24.1 Å². The van der Waals surface area contributed by atoms with E-state index in [1.807, 2.05) is 0 Å². The van der Waals surface area contributed by atoms with Gasteiger partial charge in [0, 0.05) is 0 Å². The highest BCUT2D eigenvalue weighted by molar-refractivity contribution is 5.86. The number of ether oxygens (including phenoxy) is 2. The van der Waals surface area contributed by atoms with Crippen molar-refractivity contribution in [3.63, 3.8) is 0 Å². The molecule has 26 heavy (non-hydrogen) atoms. The standard InChI is InChI=1S/C16H26N2O8/c1-15(2,3)25-13(23)17-7-10(12(21)22)18(8-9(17)11(19)20)14(24)26-16(4,5)6/h9-10H,7-8H2,1-6H3,(H,19,20)(H,21,22). The molecule has 1 saturated heterocycles. The summed E-state index contributed by atoms with van der Waals surface area (Å²) >= 11 is 0. The van der Waals surface area contributed by atoms with Gasteiger partial charge in [-0.2, -0.15) is 0 Å². The van der Waals surface area contributed by atoms with Crippen LogP contribution in [0.1, 0.15) is 41.5 Å². The van der Waals surface area contributed by atoms with Gasteiger partial charge in [-0.25, -0.2) is 19.2 Å². The molecule has 0 aromatic heterocycles. The lowest BCUT2D eigenvalue weighted by Gasteiger charge is -2.43. The summed E-state index contributed by atoms with van der Waals surface area (Å²) in [6.45, 7) is 8.57. The van der Waals surface area contributed by atoms with Crippen LogP contribution in [0.4, 0.5) is 9.59 Å². The molecule has 2 unspecified atom stereocenters. The van der Waals surface area contributed by atoms with Gasteiger partial charge < -0.3 is 19.7 Å². The molecule has 10 heteroatoms. The Morgan fingerprint density at radius 3 is 1.19 bits per heavy atom. The summed E-state index contributed by atoms with van der Waals surface area (Å²) in [5.74, 6) is -2.76. The summed E-state index contributed by atoms with van der Waals surface area (Å²) in [7, 11) is 0. The summed E-state index contributed by atoms with van der Waals surface area (Å²) in [5, 5.41) is 18.9. The summed E-state index contributed by atoms with van der Waals surface area (Å²) < 4.78 is 10.3. The van der Waals surface area contributed by atoms with Gasteiger partial charge in [0.15, 0.2) is 12.1 Å². The molecule has 2 atom stereocenters. The molecule has 0 spiro atoms. The van der Waals surface area contributed by atoms with Crippen LogP contribution < -0.4 is 0 Å². The van der Waals surface area contributed by atoms with Crippen LogP contribution in [0, 0.1) is 0 Å². The van der Waals surface area contributed by atoms with Crippen molar-refractivity contribution in [3.8, 4) is 0 Å². The zero-order chi connectivity index (χ0) is 20.4. The minimum absolute atomic E-state index is 0.527. The van der Waals surface area contributed by atoms with E-state index < -0.39 is 60.5 Å². The molecule has 148 valence electrons. The quantitative estimate of drug-likeness (QED) is 0.740. The summed E-state index contributed by atoms with van der Waals surface area (Å²) in [6, 6.07) is -2.90. The van der Waals surface area contributed by atoms with Crippen LogP contribution in [0.2, 0.25) is 0 Å². The first-order chi connectivity index (χ1) is 11.6. The van der Waals surface area contributed by atoms with Gasteiger partial charge in [0.1, 0.15) is 11.2 Å². The van der Waals surface area contributed by atoms with E-state index in [-0.39, 0.29) is 0 Å². The first kappa shape index (κ1) is 21.5. The van der Waals surface area contributed by atoms with Gasteiger partial charge in [-0.1, -0.05) is 0 Å². The maximum atomic E-state index is 12.3. The fraction of sp³-hybridized carbons (Fsp3) is 0.750. The zero-order valence-electron chi connectivity index (χ0n) is 15.8.